The first-order valence-electron chi connectivity index (χ1n) is 6.65. The first-order chi connectivity index (χ1) is 9.33. The lowest BCUT2D eigenvalue weighted by Crippen LogP contribution is -2.43. The van der Waals surface area contributed by atoms with Crippen LogP contribution in [-0.2, 0) is 4.79 Å². The van der Waals surface area contributed by atoms with Gasteiger partial charge >= 0.3 is 0 Å². The summed E-state index contributed by atoms with van der Waals surface area (Å²) in [5.41, 5.74) is -0.911. The smallest absolute Gasteiger partial charge is 0.261 e. The minimum Gasteiger partial charge on any atom is -0.389 e. The van der Waals surface area contributed by atoms with Gasteiger partial charge in [0.2, 0.25) is 5.91 Å². The van der Waals surface area contributed by atoms with Gasteiger partial charge < -0.3 is 15.3 Å². The SMILES string of the molecule is CCN(CC(C)(C)O)C(=O)CCNC(=O)c1cccs1. The molecule has 0 aliphatic heterocycles. The molecule has 1 aromatic heterocycles. The number of amides is 2. The molecule has 0 aliphatic rings. The van der Waals surface area contributed by atoms with Crippen molar-refractivity contribution in [3.05, 3.63) is 22.4 Å². The molecule has 112 valence electrons. The largest absolute Gasteiger partial charge is 0.389 e. The maximum absolute atomic E-state index is 12.0. The zero-order chi connectivity index (χ0) is 15.2. The fourth-order valence-corrected chi connectivity index (χ4v) is 2.42. The van der Waals surface area contributed by atoms with Crippen LogP contribution in [0.5, 0.6) is 0 Å². The molecule has 0 fully saturated rings. The summed E-state index contributed by atoms with van der Waals surface area (Å²) in [5.74, 6) is -0.223. The molecule has 0 spiro atoms. The number of nitrogens with one attached hydrogen (secondary N) is 1. The summed E-state index contributed by atoms with van der Waals surface area (Å²) < 4.78 is 0. The van der Waals surface area contributed by atoms with E-state index in [0.717, 1.165) is 0 Å². The normalized spacial score (nSPS) is 11.2. The lowest BCUT2D eigenvalue weighted by atomic mass is 10.1. The maximum Gasteiger partial charge on any atom is 0.261 e. The lowest BCUT2D eigenvalue weighted by molar-refractivity contribution is -0.133. The van der Waals surface area contributed by atoms with E-state index in [1.807, 2.05) is 18.4 Å². The van der Waals surface area contributed by atoms with E-state index in [2.05, 4.69) is 5.32 Å². The van der Waals surface area contributed by atoms with Crippen LogP contribution in [-0.4, -0.2) is 47.1 Å². The van der Waals surface area contributed by atoms with Gasteiger partial charge in [-0.15, -0.1) is 11.3 Å². The number of rotatable bonds is 7. The third-order valence-electron chi connectivity index (χ3n) is 2.68. The monoisotopic (exact) mass is 298 g/mol. The highest BCUT2D eigenvalue weighted by molar-refractivity contribution is 7.12. The number of likely N-dealkylation sites (N-methyl/N-ethyl adjacent to an activating group) is 1. The van der Waals surface area contributed by atoms with E-state index in [0.29, 0.717) is 24.5 Å². The van der Waals surface area contributed by atoms with Crippen molar-refractivity contribution in [2.45, 2.75) is 32.8 Å². The maximum atomic E-state index is 12.0. The zero-order valence-corrected chi connectivity index (χ0v) is 13.0. The number of thiophene rings is 1. The van der Waals surface area contributed by atoms with Crippen LogP contribution in [0.4, 0.5) is 0 Å². The molecular formula is C14H22N2O3S. The van der Waals surface area contributed by atoms with Crippen LogP contribution in [0.15, 0.2) is 17.5 Å². The van der Waals surface area contributed by atoms with Crippen molar-refractivity contribution in [3.8, 4) is 0 Å². The summed E-state index contributed by atoms with van der Waals surface area (Å²) in [4.78, 5) is 25.9. The van der Waals surface area contributed by atoms with Crippen LogP contribution in [0.3, 0.4) is 0 Å². The molecule has 2 N–H and O–H groups in total. The number of hydrogen-bond donors (Lipinski definition) is 2. The van der Waals surface area contributed by atoms with Crippen LogP contribution in [0.25, 0.3) is 0 Å². The van der Waals surface area contributed by atoms with Crippen LogP contribution >= 0.6 is 11.3 Å². The van der Waals surface area contributed by atoms with Crippen LogP contribution < -0.4 is 5.32 Å². The zero-order valence-electron chi connectivity index (χ0n) is 12.2. The van der Waals surface area contributed by atoms with Gasteiger partial charge in [-0.3, -0.25) is 9.59 Å². The summed E-state index contributed by atoms with van der Waals surface area (Å²) in [5, 5.41) is 14.3. The predicted molar refractivity (Wildman–Crippen MR) is 79.8 cm³/mol. The average molecular weight is 298 g/mol. The van der Waals surface area contributed by atoms with Gasteiger partial charge in [-0.25, -0.2) is 0 Å². The molecule has 0 bridgehead atoms. The van der Waals surface area contributed by atoms with Crippen molar-refractivity contribution >= 4 is 23.2 Å². The number of carbonyl (C=O) groups is 2. The van der Waals surface area contributed by atoms with Gasteiger partial charge in [0.25, 0.3) is 5.91 Å². The van der Waals surface area contributed by atoms with E-state index >= 15 is 0 Å². The highest BCUT2D eigenvalue weighted by atomic mass is 32.1. The van der Waals surface area contributed by atoms with E-state index in [1.165, 1.54) is 11.3 Å². The Morgan fingerprint density at radius 3 is 2.65 bits per heavy atom. The van der Waals surface area contributed by atoms with Crippen LogP contribution in [0.1, 0.15) is 36.9 Å². The molecule has 0 atom stereocenters. The van der Waals surface area contributed by atoms with Gasteiger partial charge in [-0.1, -0.05) is 6.07 Å². The second-order valence-electron chi connectivity index (χ2n) is 5.20. The van der Waals surface area contributed by atoms with Crippen LogP contribution in [0, 0.1) is 0 Å². The van der Waals surface area contributed by atoms with Crippen molar-refractivity contribution in [1.82, 2.24) is 10.2 Å². The van der Waals surface area contributed by atoms with E-state index in [9.17, 15) is 14.7 Å². The molecule has 0 saturated carbocycles. The minimum atomic E-state index is -0.911. The van der Waals surface area contributed by atoms with Crippen molar-refractivity contribution in [2.75, 3.05) is 19.6 Å². The fourth-order valence-electron chi connectivity index (χ4n) is 1.78. The molecular weight excluding hydrogens is 276 g/mol. The Morgan fingerprint density at radius 2 is 2.15 bits per heavy atom. The van der Waals surface area contributed by atoms with E-state index in [-0.39, 0.29) is 18.2 Å². The van der Waals surface area contributed by atoms with Gasteiger partial charge in [-0.05, 0) is 32.2 Å². The highest BCUT2D eigenvalue weighted by Crippen LogP contribution is 2.08. The molecule has 6 heteroatoms. The third kappa shape index (κ3) is 5.71. The summed E-state index contributed by atoms with van der Waals surface area (Å²) in [6.45, 7) is 6.34. The topological polar surface area (TPSA) is 69.6 Å². The molecule has 0 unspecified atom stereocenters. The highest BCUT2D eigenvalue weighted by Gasteiger charge is 2.21. The first-order valence-corrected chi connectivity index (χ1v) is 7.53. The molecule has 0 aliphatic carbocycles. The molecule has 1 rings (SSSR count). The third-order valence-corrected chi connectivity index (χ3v) is 3.55. The van der Waals surface area contributed by atoms with E-state index in [1.54, 1.807) is 24.8 Å². The van der Waals surface area contributed by atoms with Gasteiger partial charge in [0.15, 0.2) is 0 Å². The van der Waals surface area contributed by atoms with E-state index < -0.39 is 5.60 Å². The summed E-state index contributed by atoms with van der Waals surface area (Å²) in [6, 6.07) is 3.56. The fraction of sp³-hybridized carbons (Fsp3) is 0.571. The molecule has 1 aromatic rings. The van der Waals surface area contributed by atoms with Gasteiger partial charge in [0.05, 0.1) is 10.5 Å². The van der Waals surface area contributed by atoms with Crippen molar-refractivity contribution in [1.29, 1.82) is 0 Å². The van der Waals surface area contributed by atoms with Crippen molar-refractivity contribution in [2.24, 2.45) is 0 Å². The molecule has 0 radical (unpaired) electrons. The Bertz CT molecular complexity index is 438. The van der Waals surface area contributed by atoms with Crippen molar-refractivity contribution < 1.29 is 14.7 Å². The summed E-state index contributed by atoms with van der Waals surface area (Å²) in [7, 11) is 0. The summed E-state index contributed by atoms with van der Waals surface area (Å²) in [6.07, 6.45) is 0.237. The molecule has 0 aromatic carbocycles. The quantitative estimate of drug-likeness (QED) is 0.801. The van der Waals surface area contributed by atoms with Gasteiger partial charge in [-0.2, -0.15) is 0 Å². The van der Waals surface area contributed by atoms with E-state index in [4.69, 9.17) is 0 Å². The first kappa shape index (κ1) is 16.7. The van der Waals surface area contributed by atoms with Crippen LogP contribution in [0.2, 0.25) is 0 Å². The Kier molecular flexibility index (Phi) is 6.16. The molecule has 2 amide bonds. The van der Waals surface area contributed by atoms with Crippen molar-refractivity contribution in [3.63, 3.8) is 0 Å². The molecule has 5 nitrogen and oxygen atoms in total. The van der Waals surface area contributed by atoms with Gasteiger partial charge in [0.1, 0.15) is 0 Å². The Morgan fingerprint density at radius 1 is 1.45 bits per heavy atom. The molecule has 20 heavy (non-hydrogen) atoms. The second kappa shape index (κ2) is 7.40. The molecule has 1 heterocycles. The minimum absolute atomic E-state index is 0.0684. The number of hydrogen-bond acceptors (Lipinski definition) is 4. The summed E-state index contributed by atoms with van der Waals surface area (Å²) >= 11 is 1.37. The Balaban J connectivity index is 2.36. The standard InChI is InChI=1S/C14H22N2O3S/c1-4-16(10-14(2,3)19)12(17)7-8-15-13(18)11-6-5-9-20-11/h5-6,9,19H,4,7-8,10H2,1-3H3,(H,15,18). The number of nitrogens with zero attached hydrogens (tertiary/aromatic N) is 1. The Labute approximate surface area is 123 Å². The number of carbonyl (C=O) groups excluding carboxylic acids is 2. The second-order valence-corrected chi connectivity index (χ2v) is 6.15. The molecule has 0 saturated heterocycles. The predicted octanol–water partition coefficient (Wildman–Crippen LogP) is 1.49. The lowest BCUT2D eigenvalue weighted by Gasteiger charge is -2.28. The Hall–Kier alpha value is -1.40. The number of aliphatic hydroxyl groups is 1. The average Bonchev–Trinajstić information content (AvgIpc) is 2.88. The van der Waals surface area contributed by atoms with Gasteiger partial charge in [0, 0.05) is 26.1 Å².